The van der Waals surface area contributed by atoms with Crippen LogP contribution in [0.15, 0.2) is 30.9 Å². The van der Waals surface area contributed by atoms with E-state index in [1.54, 1.807) is 19.1 Å². The number of halogens is 2. The molecule has 0 amide bonds. The molecular weight excluding hydrogens is 342 g/mol. The number of rotatable bonds is 7. The second-order valence-electron chi connectivity index (χ2n) is 8.08. The lowest BCUT2D eigenvalue weighted by Gasteiger charge is -2.35. The van der Waals surface area contributed by atoms with Crippen molar-refractivity contribution < 1.29 is 13.5 Å². The lowest BCUT2D eigenvalue weighted by Crippen LogP contribution is -2.23. The summed E-state index contributed by atoms with van der Waals surface area (Å²) in [7, 11) is 0. The van der Waals surface area contributed by atoms with Crippen molar-refractivity contribution in [1.29, 1.82) is 0 Å². The summed E-state index contributed by atoms with van der Waals surface area (Å²) in [6, 6.07) is 3.22. The van der Waals surface area contributed by atoms with Crippen LogP contribution in [0, 0.1) is 29.4 Å². The summed E-state index contributed by atoms with van der Waals surface area (Å²) in [5.41, 5.74) is 1.35. The zero-order valence-corrected chi connectivity index (χ0v) is 16.5. The molecule has 0 spiro atoms. The minimum absolute atomic E-state index is 0.00116. The molecule has 2 aliphatic carbocycles. The van der Waals surface area contributed by atoms with E-state index in [9.17, 15) is 8.78 Å². The Morgan fingerprint density at radius 3 is 2.48 bits per heavy atom. The highest BCUT2D eigenvalue weighted by atomic mass is 19.2. The van der Waals surface area contributed by atoms with Gasteiger partial charge in [0.1, 0.15) is 0 Å². The maximum Gasteiger partial charge on any atom is 0.201 e. The molecule has 1 unspecified atom stereocenters. The van der Waals surface area contributed by atoms with Crippen LogP contribution in [0.5, 0.6) is 5.75 Å². The smallest absolute Gasteiger partial charge is 0.201 e. The van der Waals surface area contributed by atoms with Crippen LogP contribution in [0.4, 0.5) is 8.78 Å². The predicted molar refractivity (Wildman–Crippen MR) is 108 cm³/mol. The molecule has 1 aromatic carbocycles. The summed E-state index contributed by atoms with van der Waals surface area (Å²) in [6.45, 7) is 5.92. The molecule has 0 bridgehead atoms. The molecule has 0 aromatic heterocycles. The zero-order valence-electron chi connectivity index (χ0n) is 16.5. The van der Waals surface area contributed by atoms with Gasteiger partial charge in [0.2, 0.25) is 5.82 Å². The molecule has 0 radical (unpaired) electrons. The Balaban J connectivity index is 1.59. The van der Waals surface area contributed by atoms with Crippen LogP contribution in [0.25, 0.3) is 5.57 Å². The van der Waals surface area contributed by atoms with E-state index in [1.165, 1.54) is 32.1 Å². The summed E-state index contributed by atoms with van der Waals surface area (Å²) in [4.78, 5) is 0. The number of hydrogen-bond acceptors (Lipinski definition) is 1. The van der Waals surface area contributed by atoms with E-state index in [2.05, 4.69) is 12.7 Å². The average Bonchev–Trinajstić information content (AvgIpc) is 2.71. The van der Waals surface area contributed by atoms with Gasteiger partial charge in [0.05, 0.1) is 6.61 Å². The molecule has 2 aliphatic rings. The van der Waals surface area contributed by atoms with E-state index in [0.717, 1.165) is 43.1 Å². The van der Waals surface area contributed by atoms with Crippen molar-refractivity contribution in [1.82, 2.24) is 0 Å². The predicted octanol–water partition coefficient (Wildman–Crippen LogP) is 7.32. The molecule has 3 heteroatoms. The average molecular weight is 375 g/mol. The van der Waals surface area contributed by atoms with Gasteiger partial charge in [-0.2, -0.15) is 4.39 Å². The lowest BCUT2D eigenvalue weighted by molar-refractivity contribution is 0.190. The molecule has 1 nitrogen and oxygen atoms in total. The summed E-state index contributed by atoms with van der Waals surface area (Å²) in [5, 5.41) is 0. The van der Waals surface area contributed by atoms with E-state index in [-0.39, 0.29) is 5.75 Å². The Hall–Kier alpha value is -1.64. The first-order valence-corrected chi connectivity index (χ1v) is 10.5. The molecule has 27 heavy (non-hydrogen) atoms. The number of allylic oxidation sites excluding steroid dienone is 3. The Morgan fingerprint density at radius 2 is 1.85 bits per heavy atom. The van der Waals surface area contributed by atoms with Gasteiger partial charge in [-0.3, -0.25) is 0 Å². The molecule has 148 valence electrons. The molecule has 0 N–H and O–H groups in total. The first kappa shape index (κ1) is 20.1. The van der Waals surface area contributed by atoms with Crippen LogP contribution in [0.3, 0.4) is 0 Å². The third kappa shape index (κ3) is 4.80. The highest BCUT2D eigenvalue weighted by Crippen LogP contribution is 2.42. The summed E-state index contributed by atoms with van der Waals surface area (Å²) < 4.78 is 33.8. The standard InChI is InChI=1S/C24H32F2O/c1-3-5-6-17-7-9-18(10-8-17)19-11-13-20(14-12-19)21-15-16-22(27-4-2)24(26)23(21)25/h3,13,15-19H,1,4-12,14H2,2H3. The van der Waals surface area contributed by atoms with Crippen LogP contribution >= 0.6 is 0 Å². The fourth-order valence-electron chi connectivity index (χ4n) is 4.88. The molecule has 0 aliphatic heterocycles. The molecule has 3 rings (SSSR count). The van der Waals surface area contributed by atoms with Gasteiger partial charge in [0.25, 0.3) is 0 Å². The maximum absolute atomic E-state index is 14.5. The van der Waals surface area contributed by atoms with Crippen molar-refractivity contribution in [2.75, 3.05) is 6.61 Å². The van der Waals surface area contributed by atoms with Gasteiger partial charge in [-0.05, 0) is 87.3 Å². The summed E-state index contributed by atoms with van der Waals surface area (Å²) in [6.07, 6.45) is 14.8. The van der Waals surface area contributed by atoms with E-state index < -0.39 is 11.6 Å². The van der Waals surface area contributed by atoms with Crippen LogP contribution in [0.1, 0.15) is 70.3 Å². The van der Waals surface area contributed by atoms with E-state index in [0.29, 0.717) is 18.1 Å². The quantitative estimate of drug-likeness (QED) is 0.454. The van der Waals surface area contributed by atoms with E-state index in [1.807, 2.05) is 6.08 Å². The maximum atomic E-state index is 14.5. The second kappa shape index (κ2) is 9.52. The van der Waals surface area contributed by atoms with Gasteiger partial charge in [0.15, 0.2) is 11.6 Å². The molecule has 0 saturated heterocycles. The fraction of sp³-hybridized carbons (Fsp3) is 0.583. The first-order chi connectivity index (χ1) is 13.1. The van der Waals surface area contributed by atoms with Crippen molar-refractivity contribution >= 4 is 5.57 Å². The second-order valence-corrected chi connectivity index (χ2v) is 8.08. The molecule has 1 aromatic rings. The minimum atomic E-state index is -0.866. The number of ether oxygens (including phenoxy) is 1. The van der Waals surface area contributed by atoms with Crippen molar-refractivity contribution in [3.63, 3.8) is 0 Å². The van der Waals surface area contributed by atoms with Crippen LogP contribution in [-0.2, 0) is 0 Å². The molecule has 0 heterocycles. The van der Waals surface area contributed by atoms with Crippen molar-refractivity contribution in [3.8, 4) is 5.75 Å². The van der Waals surface area contributed by atoms with Crippen LogP contribution in [0.2, 0.25) is 0 Å². The summed E-state index contributed by atoms with van der Waals surface area (Å²) in [5.74, 6) is 0.731. The SMILES string of the molecule is C=CCCC1CCC(C2CC=C(c3ccc(OCC)c(F)c3F)CC2)CC1. The molecule has 1 fully saturated rings. The van der Waals surface area contributed by atoms with E-state index >= 15 is 0 Å². The Kier molecular flexibility index (Phi) is 7.09. The van der Waals surface area contributed by atoms with E-state index in [4.69, 9.17) is 4.74 Å². The Labute approximate surface area is 162 Å². The first-order valence-electron chi connectivity index (χ1n) is 10.5. The highest BCUT2D eigenvalue weighted by molar-refractivity contribution is 5.67. The summed E-state index contributed by atoms with van der Waals surface area (Å²) >= 11 is 0. The third-order valence-corrected chi connectivity index (χ3v) is 6.48. The van der Waals surface area contributed by atoms with Crippen molar-refractivity contribution in [2.24, 2.45) is 17.8 Å². The van der Waals surface area contributed by atoms with Crippen LogP contribution < -0.4 is 4.74 Å². The van der Waals surface area contributed by atoms with Crippen LogP contribution in [-0.4, -0.2) is 6.61 Å². The highest BCUT2D eigenvalue weighted by Gasteiger charge is 2.29. The monoisotopic (exact) mass is 374 g/mol. The molecule has 1 saturated carbocycles. The molecular formula is C24H32F2O. The normalized spacial score (nSPS) is 25.7. The molecule has 1 atom stereocenters. The fourth-order valence-corrected chi connectivity index (χ4v) is 4.88. The van der Waals surface area contributed by atoms with Gasteiger partial charge in [-0.25, -0.2) is 4.39 Å². The van der Waals surface area contributed by atoms with Gasteiger partial charge in [-0.1, -0.05) is 25.0 Å². The largest absolute Gasteiger partial charge is 0.491 e. The minimum Gasteiger partial charge on any atom is -0.491 e. The third-order valence-electron chi connectivity index (χ3n) is 6.48. The lowest BCUT2D eigenvalue weighted by atomic mass is 9.70. The Bertz CT molecular complexity index is 671. The topological polar surface area (TPSA) is 9.23 Å². The Morgan fingerprint density at radius 1 is 1.07 bits per heavy atom. The van der Waals surface area contributed by atoms with Crippen molar-refractivity contribution in [3.05, 3.63) is 48.1 Å². The van der Waals surface area contributed by atoms with Gasteiger partial charge >= 0.3 is 0 Å². The van der Waals surface area contributed by atoms with Gasteiger partial charge in [-0.15, -0.1) is 6.58 Å². The van der Waals surface area contributed by atoms with Crippen molar-refractivity contribution in [2.45, 2.75) is 64.7 Å². The van der Waals surface area contributed by atoms with Gasteiger partial charge < -0.3 is 4.74 Å². The number of benzene rings is 1. The van der Waals surface area contributed by atoms with Gasteiger partial charge in [0, 0.05) is 5.56 Å². The zero-order chi connectivity index (χ0) is 19.2. The number of hydrogen-bond donors (Lipinski definition) is 0.